The highest BCUT2D eigenvalue weighted by molar-refractivity contribution is 5.65. The fraction of sp³-hybridized carbons (Fsp3) is 0.429. The van der Waals surface area contributed by atoms with Crippen molar-refractivity contribution in [3.05, 3.63) is 35.9 Å². The number of para-hydroxylation sites is 1. The van der Waals surface area contributed by atoms with Crippen LogP contribution < -0.4 is 4.74 Å². The first-order valence-corrected chi connectivity index (χ1v) is 5.97. The van der Waals surface area contributed by atoms with E-state index in [1.807, 2.05) is 25.1 Å². The Kier molecular flexibility index (Phi) is 3.86. The van der Waals surface area contributed by atoms with Gasteiger partial charge in [0.25, 0.3) is 0 Å². The third-order valence-corrected chi connectivity index (χ3v) is 2.64. The lowest BCUT2D eigenvalue weighted by Gasteiger charge is -2.13. The van der Waals surface area contributed by atoms with E-state index in [0.717, 1.165) is 42.9 Å². The molecule has 0 unspecified atom stereocenters. The summed E-state index contributed by atoms with van der Waals surface area (Å²) in [6.45, 7) is 3.50. The van der Waals surface area contributed by atoms with Gasteiger partial charge in [0.1, 0.15) is 11.5 Å². The number of benzene rings is 1. The Hall–Kier alpha value is -1.44. The van der Waals surface area contributed by atoms with E-state index in [0.29, 0.717) is 6.61 Å². The molecule has 1 aromatic carbocycles. The van der Waals surface area contributed by atoms with E-state index in [9.17, 15) is 0 Å². The van der Waals surface area contributed by atoms with Crippen molar-refractivity contribution in [2.45, 2.75) is 26.2 Å². The van der Waals surface area contributed by atoms with Crippen molar-refractivity contribution in [3.63, 3.8) is 0 Å². The van der Waals surface area contributed by atoms with Crippen LogP contribution in [-0.4, -0.2) is 13.2 Å². The van der Waals surface area contributed by atoms with Crippen LogP contribution in [0.4, 0.5) is 0 Å². The molecule has 1 aromatic rings. The van der Waals surface area contributed by atoms with Crippen LogP contribution in [0.15, 0.2) is 30.3 Å². The minimum absolute atomic E-state index is 0.695. The van der Waals surface area contributed by atoms with Gasteiger partial charge in [-0.3, -0.25) is 0 Å². The molecule has 86 valence electrons. The van der Waals surface area contributed by atoms with Gasteiger partial charge < -0.3 is 9.47 Å². The van der Waals surface area contributed by atoms with Gasteiger partial charge in [0, 0.05) is 0 Å². The molecule has 0 fully saturated rings. The van der Waals surface area contributed by atoms with E-state index >= 15 is 0 Å². The molecule has 0 bridgehead atoms. The summed E-state index contributed by atoms with van der Waals surface area (Å²) >= 11 is 0. The zero-order valence-corrected chi connectivity index (χ0v) is 9.74. The zero-order chi connectivity index (χ0) is 11.2. The van der Waals surface area contributed by atoms with Crippen molar-refractivity contribution in [3.8, 4) is 5.75 Å². The Balaban J connectivity index is 2.34. The van der Waals surface area contributed by atoms with Crippen molar-refractivity contribution in [1.82, 2.24) is 0 Å². The van der Waals surface area contributed by atoms with E-state index in [1.54, 1.807) is 0 Å². The van der Waals surface area contributed by atoms with Crippen LogP contribution in [0.25, 0.3) is 5.76 Å². The average Bonchev–Trinajstić information content (AvgIpc) is 2.41. The van der Waals surface area contributed by atoms with Crippen molar-refractivity contribution in [2.75, 3.05) is 13.2 Å². The lowest BCUT2D eigenvalue weighted by molar-refractivity contribution is 0.289. The summed E-state index contributed by atoms with van der Waals surface area (Å²) in [5, 5.41) is 0. The summed E-state index contributed by atoms with van der Waals surface area (Å²) in [5.41, 5.74) is 1.08. The topological polar surface area (TPSA) is 18.5 Å². The average molecular weight is 218 g/mol. The van der Waals surface area contributed by atoms with Crippen molar-refractivity contribution < 1.29 is 9.47 Å². The second-order valence-electron chi connectivity index (χ2n) is 3.84. The van der Waals surface area contributed by atoms with Gasteiger partial charge in [-0.25, -0.2) is 0 Å². The van der Waals surface area contributed by atoms with E-state index in [4.69, 9.17) is 9.47 Å². The third-order valence-electron chi connectivity index (χ3n) is 2.64. The van der Waals surface area contributed by atoms with Gasteiger partial charge in [-0.2, -0.15) is 0 Å². The molecule has 1 aliphatic heterocycles. The van der Waals surface area contributed by atoms with Crippen LogP contribution in [0.3, 0.4) is 0 Å². The Morgan fingerprint density at radius 1 is 1.25 bits per heavy atom. The number of fused-ring (bicyclic) bond motifs is 1. The zero-order valence-electron chi connectivity index (χ0n) is 9.74. The maximum absolute atomic E-state index is 5.76. The molecule has 1 aliphatic rings. The number of rotatable bonds is 2. The van der Waals surface area contributed by atoms with Crippen molar-refractivity contribution in [1.29, 1.82) is 0 Å². The predicted molar refractivity (Wildman–Crippen MR) is 65.4 cm³/mol. The van der Waals surface area contributed by atoms with Gasteiger partial charge >= 0.3 is 0 Å². The molecule has 0 saturated heterocycles. The largest absolute Gasteiger partial charge is 0.493 e. The molecular formula is C14H18O2. The first kappa shape index (κ1) is 11.1. The molecule has 2 rings (SSSR count). The molecular weight excluding hydrogens is 200 g/mol. The molecule has 2 heteroatoms. The normalized spacial score (nSPS) is 19.2. The van der Waals surface area contributed by atoms with E-state index in [-0.39, 0.29) is 0 Å². The summed E-state index contributed by atoms with van der Waals surface area (Å²) in [5.74, 6) is 1.89. The molecule has 0 aliphatic carbocycles. The summed E-state index contributed by atoms with van der Waals surface area (Å²) in [6, 6.07) is 8.09. The molecule has 0 atom stereocenters. The van der Waals surface area contributed by atoms with Gasteiger partial charge in [-0.15, -0.1) is 0 Å². The van der Waals surface area contributed by atoms with Gasteiger partial charge in [0.2, 0.25) is 0 Å². The second kappa shape index (κ2) is 5.59. The molecule has 0 amide bonds. The monoisotopic (exact) mass is 218 g/mol. The van der Waals surface area contributed by atoms with Crippen LogP contribution in [0.5, 0.6) is 5.75 Å². The fourth-order valence-corrected chi connectivity index (χ4v) is 1.86. The predicted octanol–water partition coefficient (Wildman–Crippen LogP) is 3.63. The molecule has 0 N–H and O–H groups in total. The molecule has 0 saturated carbocycles. The summed E-state index contributed by atoms with van der Waals surface area (Å²) < 4.78 is 11.4. The highest BCUT2D eigenvalue weighted by Crippen LogP contribution is 2.28. The molecule has 16 heavy (non-hydrogen) atoms. The van der Waals surface area contributed by atoms with Gasteiger partial charge in [0.15, 0.2) is 0 Å². The van der Waals surface area contributed by atoms with Crippen molar-refractivity contribution >= 4 is 5.76 Å². The Morgan fingerprint density at radius 2 is 2.12 bits per heavy atom. The fourth-order valence-electron chi connectivity index (χ4n) is 1.86. The standard InChI is InChI=1S/C14H18O2/c1-2-15-13-9-4-3-7-11-16-14-10-6-5-8-12(13)14/h5-6,8-10H,2-4,7,11H2,1H3/b13-9+. The third kappa shape index (κ3) is 2.57. The van der Waals surface area contributed by atoms with Crippen LogP contribution in [0, 0.1) is 0 Å². The molecule has 2 nitrogen and oxygen atoms in total. The number of allylic oxidation sites excluding steroid dienone is 1. The smallest absolute Gasteiger partial charge is 0.130 e. The molecule has 0 aromatic heterocycles. The van der Waals surface area contributed by atoms with Crippen LogP contribution in [-0.2, 0) is 4.74 Å². The summed E-state index contributed by atoms with van der Waals surface area (Å²) in [7, 11) is 0. The Labute approximate surface area is 96.9 Å². The number of hydrogen-bond donors (Lipinski definition) is 0. The van der Waals surface area contributed by atoms with E-state index in [2.05, 4.69) is 12.1 Å². The second-order valence-corrected chi connectivity index (χ2v) is 3.84. The Bertz CT molecular complexity index is 369. The van der Waals surface area contributed by atoms with E-state index in [1.165, 1.54) is 0 Å². The summed E-state index contributed by atoms with van der Waals surface area (Å²) in [6.07, 6.45) is 5.50. The SMILES string of the molecule is CCO/C1=C/CCCCOc2ccccc21. The van der Waals surface area contributed by atoms with Crippen molar-refractivity contribution in [2.24, 2.45) is 0 Å². The van der Waals surface area contributed by atoms with Crippen LogP contribution in [0.2, 0.25) is 0 Å². The lowest BCUT2D eigenvalue weighted by atomic mass is 10.1. The molecule has 0 radical (unpaired) electrons. The van der Waals surface area contributed by atoms with E-state index < -0.39 is 0 Å². The molecule has 1 heterocycles. The lowest BCUT2D eigenvalue weighted by Crippen LogP contribution is -1.99. The highest BCUT2D eigenvalue weighted by Gasteiger charge is 2.10. The highest BCUT2D eigenvalue weighted by atomic mass is 16.5. The van der Waals surface area contributed by atoms with Gasteiger partial charge in [0.05, 0.1) is 18.8 Å². The molecule has 0 spiro atoms. The first-order valence-electron chi connectivity index (χ1n) is 5.97. The Morgan fingerprint density at radius 3 is 3.00 bits per heavy atom. The quantitative estimate of drug-likeness (QED) is 0.754. The van der Waals surface area contributed by atoms with Crippen LogP contribution >= 0.6 is 0 Å². The maximum atomic E-state index is 5.76. The maximum Gasteiger partial charge on any atom is 0.130 e. The minimum atomic E-state index is 0.695. The number of ether oxygens (including phenoxy) is 2. The number of hydrogen-bond acceptors (Lipinski definition) is 2. The first-order chi connectivity index (χ1) is 7.92. The summed E-state index contributed by atoms with van der Waals surface area (Å²) in [4.78, 5) is 0. The minimum Gasteiger partial charge on any atom is -0.493 e. The van der Waals surface area contributed by atoms with Gasteiger partial charge in [-0.05, 0) is 44.4 Å². The van der Waals surface area contributed by atoms with Crippen LogP contribution in [0.1, 0.15) is 31.7 Å². The van der Waals surface area contributed by atoms with Gasteiger partial charge in [-0.1, -0.05) is 12.1 Å².